The lowest BCUT2D eigenvalue weighted by molar-refractivity contribution is -0.703. The highest BCUT2D eigenvalue weighted by molar-refractivity contribution is 5.43. The van der Waals surface area contributed by atoms with Gasteiger partial charge in [-0.3, -0.25) is 0 Å². The Bertz CT molecular complexity index is 1020. The number of aryl methyl sites for hydroxylation is 4. The van der Waals surface area contributed by atoms with E-state index in [0.717, 1.165) is 49.9 Å². The van der Waals surface area contributed by atoms with Gasteiger partial charge in [0.2, 0.25) is 0 Å². The Morgan fingerprint density at radius 3 is 1.53 bits per heavy atom. The highest BCUT2D eigenvalue weighted by atomic mass is 79.9. The molecule has 0 N–H and O–H groups in total. The Hall–Kier alpha value is -2.40. The Balaban J connectivity index is 0.00000256. The number of unbranched alkanes of at least 4 members (excludes halogenated alkanes) is 2. The number of hydrogen-bond donors (Lipinski definition) is 0. The maximum Gasteiger partial charge on any atom is 0.178 e. The van der Waals surface area contributed by atoms with Gasteiger partial charge in [0.25, 0.3) is 0 Å². The maximum absolute atomic E-state index is 3.30. The molecule has 0 fully saturated rings. The van der Waals surface area contributed by atoms with E-state index in [1.54, 1.807) is 0 Å². The van der Waals surface area contributed by atoms with Crippen LogP contribution in [0.5, 0.6) is 0 Å². The van der Waals surface area contributed by atoms with Gasteiger partial charge in [-0.25, -0.2) is 9.13 Å². The van der Waals surface area contributed by atoms with Crippen molar-refractivity contribution in [3.8, 4) is 23.7 Å². The number of halogens is 2. The molecular formula is C28H30Br2N2. The SMILES string of the molecule is Cc1cccc[n+]1CCCC#Cc1cccc(C#CCCC[n+]2ccccc2C)c1.[Br-].[Br-]. The zero-order valence-corrected chi connectivity index (χ0v) is 22.0. The molecule has 166 valence electrons. The molecule has 4 heteroatoms. The lowest BCUT2D eigenvalue weighted by atomic mass is 10.1. The Kier molecular flexibility index (Phi) is 13.3. The molecule has 0 spiro atoms. The summed E-state index contributed by atoms with van der Waals surface area (Å²) in [7, 11) is 0. The highest BCUT2D eigenvalue weighted by Crippen LogP contribution is 2.03. The first-order valence-electron chi connectivity index (χ1n) is 10.7. The molecule has 3 aromatic rings. The third kappa shape index (κ3) is 9.39. The fraction of sp³-hybridized carbons (Fsp3) is 0.286. The molecule has 0 aliphatic heterocycles. The van der Waals surface area contributed by atoms with Gasteiger partial charge in [0.15, 0.2) is 23.8 Å². The molecule has 0 saturated heterocycles. The van der Waals surface area contributed by atoms with E-state index in [-0.39, 0.29) is 34.0 Å². The van der Waals surface area contributed by atoms with Gasteiger partial charge in [-0.15, -0.1) is 0 Å². The number of aromatic nitrogens is 2. The number of nitrogens with zero attached hydrogens (tertiary/aromatic N) is 2. The topological polar surface area (TPSA) is 7.76 Å². The fourth-order valence-electron chi connectivity index (χ4n) is 3.30. The lowest BCUT2D eigenvalue weighted by Crippen LogP contribution is -3.00. The van der Waals surface area contributed by atoms with Gasteiger partial charge in [0.05, 0.1) is 0 Å². The van der Waals surface area contributed by atoms with Crippen LogP contribution in [0.3, 0.4) is 0 Å². The largest absolute Gasteiger partial charge is 1.00 e. The second-order valence-corrected chi connectivity index (χ2v) is 7.46. The van der Waals surface area contributed by atoms with E-state index in [1.807, 2.05) is 6.07 Å². The normalized spacial score (nSPS) is 9.31. The molecule has 0 aliphatic carbocycles. The molecule has 0 atom stereocenters. The summed E-state index contributed by atoms with van der Waals surface area (Å²) in [6, 6.07) is 20.8. The fourth-order valence-corrected chi connectivity index (χ4v) is 3.30. The van der Waals surface area contributed by atoms with Crippen molar-refractivity contribution in [1.82, 2.24) is 0 Å². The van der Waals surface area contributed by atoms with Crippen LogP contribution in [-0.4, -0.2) is 0 Å². The van der Waals surface area contributed by atoms with Crippen molar-refractivity contribution in [1.29, 1.82) is 0 Å². The average molecular weight is 554 g/mol. The van der Waals surface area contributed by atoms with E-state index < -0.39 is 0 Å². The van der Waals surface area contributed by atoms with Crippen LogP contribution in [0.1, 0.15) is 48.2 Å². The molecular weight excluding hydrogens is 524 g/mol. The van der Waals surface area contributed by atoms with Crippen LogP contribution >= 0.6 is 0 Å². The van der Waals surface area contributed by atoms with Crippen molar-refractivity contribution >= 4 is 0 Å². The van der Waals surface area contributed by atoms with Crippen molar-refractivity contribution < 1.29 is 43.1 Å². The standard InChI is InChI=1S/C28H30N2.2BrH/c1-25-14-7-11-22-29(25)20-9-3-5-16-27-18-13-19-28(24-27)17-6-4-10-21-30-23-12-8-15-26(30)2;;/h7-8,11-15,18-19,22-24H,3-4,9-10,20-21H2,1-2H3;2*1H/q+2;;/p-2. The van der Waals surface area contributed by atoms with Gasteiger partial charge in [0, 0.05) is 74.9 Å². The maximum atomic E-state index is 3.30. The molecule has 0 saturated carbocycles. The quantitative estimate of drug-likeness (QED) is 0.200. The van der Waals surface area contributed by atoms with Crippen LogP contribution in [0.2, 0.25) is 0 Å². The van der Waals surface area contributed by atoms with E-state index in [9.17, 15) is 0 Å². The van der Waals surface area contributed by atoms with Crippen LogP contribution in [0, 0.1) is 37.5 Å². The number of rotatable bonds is 6. The van der Waals surface area contributed by atoms with E-state index >= 15 is 0 Å². The summed E-state index contributed by atoms with van der Waals surface area (Å²) in [4.78, 5) is 0. The van der Waals surface area contributed by atoms with E-state index in [0.29, 0.717) is 0 Å². The molecule has 0 unspecified atom stereocenters. The van der Waals surface area contributed by atoms with Crippen molar-refractivity contribution in [2.75, 3.05) is 0 Å². The van der Waals surface area contributed by atoms with Gasteiger partial charge >= 0.3 is 0 Å². The molecule has 3 rings (SSSR count). The van der Waals surface area contributed by atoms with Crippen LogP contribution < -0.4 is 43.1 Å². The van der Waals surface area contributed by atoms with Crippen LogP contribution in [0.15, 0.2) is 73.1 Å². The van der Waals surface area contributed by atoms with Gasteiger partial charge < -0.3 is 34.0 Å². The summed E-state index contributed by atoms with van der Waals surface area (Å²) in [5, 5.41) is 0. The first-order chi connectivity index (χ1) is 14.7. The summed E-state index contributed by atoms with van der Waals surface area (Å²) in [5.41, 5.74) is 4.66. The average Bonchev–Trinajstić information content (AvgIpc) is 2.76. The molecule has 2 aromatic heterocycles. The minimum atomic E-state index is 0. The monoisotopic (exact) mass is 552 g/mol. The summed E-state index contributed by atoms with van der Waals surface area (Å²) >= 11 is 0. The van der Waals surface area contributed by atoms with Crippen molar-refractivity contribution in [3.63, 3.8) is 0 Å². The smallest absolute Gasteiger partial charge is 0.178 e. The zero-order valence-electron chi connectivity index (χ0n) is 18.8. The predicted molar refractivity (Wildman–Crippen MR) is 121 cm³/mol. The number of hydrogen-bond acceptors (Lipinski definition) is 0. The predicted octanol–water partition coefficient (Wildman–Crippen LogP) is -1.45. The lowest BCUT2D eigenvalue weighted by Gasteiger charge is -1.97. The molecule has 1 aromatic carbocycles. The Labute approximate surface area is 214 Å². The number of benzene rings is 1. The van der Waals surface area contributed by atoms with Gasteiger partial charge in [-0.2, -0.15) is 0 Å². The molecule has 0 radical (unpaired) electrons. The third-order valence-electron chi connectivity index (χ3n) is 5.06. The van der Waals surface area contributed by atoms with Crippen molar-refractivity contribution in [3.05, 3.63) is 95.6 Å². The molecule has 2 heterocycles. The Morgan fingerprint density at radius 1 is 0.625 bits per heavy atom. The van der Waals surface area contributed by atoms with Gasteiger partial charge in [-0.05, 0) is 18.2 Å². The zero-order chi connectivity index (χ0) is 21.0. The first kappa shape index (κ1) is 27.6. The van der Waals surface area contributed by atoms with Crippen LogP contribution in [0.25, 0.3) is 0 Å². The van der Waals surface area contributed by atoms with E-state index in [4.69, 9.17) is 0 Å². The summed E-state index contributed by atoms with van der Waals surface area (Å²) in [6.45, 7) is 6.29. The van der Waals surface area contributed by atoms with Gasteiger partial charge in [0.1, 0.15) is 13.1 Å². The summed E-state index contributed by atoms with van der Waals surface area (Å²) in [5.74, 6) is 13.2. The second kappa shape index (κ2) is 15.4. The van der Waals surface area contributed by atoms with Crippen LogP contribution in [0.4, 0.5) is 0 Å². The molecule has 2 nitrogen and oxygen atoms in total. The summed E-state index contributed by atoms with van der Waals surface area (Å²) < 4.78 is 4.55. The molecule has 32 heavy (non-hydrogen) atoms. The molecule has 0 aliphatic rings. The van der Waals surface area contributed by atoms with E-state index in [2.05, 4.69) is 114 Å². The first-order valence-corrected chi connectivity index (χ1v) is 10.7. The minimum Gasteiger partial charge on any atom is -1.00 e. The van der Waals surface area contributed by atoms with E-state index in [1.165, 1.54) is 11.4 Å². The highest BCUT2D eigenvalue weighted by Gasteiger charge is 2.03. The minimum absolute atomic E-state index is 0. The molecule has 0 bridgehead atoms. The summed E-state index contributed by atoms with van der Waals surface area (Å²) in [6.07, 6.45) is 8.17. The van der Waals surface area contributed by atoms with Gasteiger partial charge in [-0.1, -0.05) is 41.9 Å². The number of pyridine rings is 2. The Morgan fingerprint density at radius 2 is 1.09 bits per heavy atom. The second-order valence-electron chi connectivity index (χ2n) is 7.46. The molecule has 0 amide bonds. The van der Waals surface area contributed by atoms with Crippen molar-refractivity contribution in [2.24, 2.45) is 0 Å². The van der Waals surface area contributed by atoms with Crippen molar-refractivity contribution in [2.45, 2.75) is 52.6 Å². The van der Waals surface area contributed by atoms with Crippen LogP contribution in [-0.2, 0) is 13.1 Å². The third-order valence-corrected chi connectivity index (χ3v) is 5.06.